The minimum absolute atomic E-state index is 0.207. The Morgan fingerprint density at radius 1 is 1.30 bits per heavy atom. The maximum atomic E-state index is 12.5. The number of hydrogen-bond donors (Lipinski definition) is 1. The maximum absolute atomic E-state index is 12.5. The number of aromatic nitrogens is 3. The number of pyridine rings is 1. The molecule has 5 nitrogen and oxygen atoms in total. The van der Waals surface area contributed by atoms with Gasteiger partial charge in [0.15, 0.2) is 5.69 Å². The zero-order valence-electron chi connectivity index (χ0n) is 12.1. The fourth-order valence-electron chi connectivity index (χ4n) is 2.42. The molecule has 0 aliphatic heterocycles. The van der Waals surface area contributed by atoms with Gasteiger partial charge in [-0.15, -0.1) is 11.3 Å². The quantitative estimate of drug-likeness (QED) is 0.595. The number of carbonyl (C=O) groups excluding carboxylic acids is 1. The Morgan fingerprint density at radius 2 is 2.17 bits per heavy atom. The lowest BCUT2D eigenvalue weighted by Crippen LogP contribution is -2.13. The largest absolute Gasteiger partial charge is 0.320 e. The number of nitrogens with one attached hydrogen (secondary N) is 1. The van der Waals surface area contributed by atoms with Gasteiger partial charge in [-0.25, -0.2) is 9.50 Å². The molecule has 23 heavy (non-hydrogen) atoms. The van der Waals surface area contributed by atoms with Gasteiger partial charge in [0, 0.05) is 11.9 Å². The number of amides is 1. The van der Waals surface area contributed by atoms with Gasteiger partial charge in [0.2, 0.25) is 0 Å². The molecule has 0 bridgehead atoms. The van der Waals surface area contributed by atoms with Crippen molar-refractivity contribution >= 4 is 50.3 Å². The van der Waals surface area contributed by atoms with E-state index in [9.17, 15) is 4.79 Å². The number of benzene rings is 1. The molecule has 1 N–H and O–H groups in total. The summed E-state index contributed by atoms with van der Waals surface area (Å²) in [5, 5.41) is 8.42. The highest BCUT2D eigenvalue weighted by molar-refractivity contribution is 7.18. The molecule has 4 rings (SSSR count). The Kier molecular flexibility index (Phi) is 3.28. The van der Waals surface area contributed by atoms with Crippen LogP contribution < -0.4 is 5.32 Å². The molecule has 7 heteroatoms. The third-order valence-corrected chi connectivity index (χ3v) is 4.75. The highest BCUT2D eigenvalue weighted by Crippen LogP contribution is 2.26. The molecule has 0 spiro atoms. The molecule has 1 aromatic carbocycles. The van der Waals surface area contributed by atoms with E-state index >= 15 is 0 Å². The monoisotopic (exact) mass is 342 g/mol. The summed E-state index contributed by atoms with van der Waals surface area (Å²) in [6, 6.07) is 11.1. The van der Waals surface area contributed by atoms with Crippen molar-refractivity contribution in [1.29, 1.82) is 0 Å². The molecule has 0 aliphatic carbocycles. The van der Waals surface area contributed by atoms with Crippen LogP contribution in [0.1, 0.15) is 15.5 Å². The van der Waals surface area contributed by atoms with Crippen LogP contribution in [-0.4, -0.2) is 20.5 Å². The van der Waals surface area contributed by atoms with Crippen LogP contribution in [0, 0.1) is 6.92 Å². The van der Waals surface area contributed by atoms with Crippen molar-refractivity contribution in [3.05, 3.63) is 58.3 Å². The van der Waals surface area contributed by atoms with Gasteiger partial charge in [-0.1, -0.05) is 17.7 Å². The van der Waals surface area contributed by atoms with Gasteiger partial charge in [-0.05, 0) is 37.3 Å². The Bertz CT molecular complexity index is 1050. The number of halogens is 1. The topological polar surface area (TPSA) is 59.3 Å². The molecule has 0 atom stereocenters. The van der Waals surface area contributed by atoms with Gasteiger partial charge < -0.3 is 5.32 Å². The molecule has 0 saturated carbocycles. The summed E-state index contributed by atoms with van der Waals surface area (Å²) in [7, 11) is 0. The van der Waals surface area contributed by atoms with Gasteiger partial charge >= 0.3 is 0 Å². The summed E-state index contributed by atoms with van der Waals surface area (Å²) in [5.74, 6) is -0.334. The van der Waals surface area contributed by atoms with Gasteiger partial charge in [-0.3, -0.25) is 4.79 Å². The second-order valence-electron chi connectivity index (χ2n) is 5.06. The minimum atomic E-state index is -0.334. The molecule has 3 aromatic heterocycles. The number of anilines is 1. The fraction of sp³-hybridized carbons (Fsp3) is 0.0625. The number of aryl methyl sites for hydroxylation is 1. The van der Waals surface area contributed by atoms with Gasteiger partial charge in [0.1, 0.15) is 0 Å². The van der Waals surface area contributed by atoms with E-state index in [1.165, 1.54) is 0 Å². The van der Waals surface area contributed by atoms with Crippen LogP contribution in [0.15, 0.2) is 42.6 Å². The highest BCUT2D eigenvalue weighted by atomic mass is 35.5. The van der Waals surface area contributed by atoms with Crippen LogP contribution in [0.4, 0.5) is 5.69 Å². The van der Waals surface area contributed by atoms with Crippen molar-refractivity contribution in [2.45, 2.75) is 6.92 Å². The average molecular weight is 343 g/mol. The molecule has 0 aliphatic rings. The third kappa shape index (κ3) is 2.46. The van der Waals surface area contributed by atoms with Crippen LogP contribution >= 0.6 is 22.9 Å². The van der Waals surface area contributed by atoms with E-state index in [0.29, 0.717) is 16.2 Å². The van der Waals surface area contributed by atoms with Gasteiger partial charge in [0.05, 0.1) is 25.8 Å². The van der Waals surface area contributed by atoms with E-state index in [1.54, 1.807) is 22.0 Å². The number of hydrogen-bond acceptors (Lipinski definition) is 4. The summed E-state index contributed by atoms with van der Waals surface area (Å²) in [6.45, 7) is 1.96. The molecule has 0 saturated heterocycles. The second-order valence-corrected chi connectivity index (χ2v) is 6.68. The third-order valence-electron chi connectivity index (χ3n) is 3.45. The summed E-state index contributed by atoms with van der Waals surface area (Å²) < 4.78 is 2.62. The van der Waals surface area contributed by atoms with E-state index in [-0.39, 0.29) is 11.6 Å². The van der Waals surface area contributed by atoms with E-state index in [2.05, 4.69) is 15.4 Å². The lowest BCUT2D eigenvalue weighted by molar-refractivity contribution is 0.102. The number of rotatable bonds is 2. The normalized spacial score (nSPS) is 11.2. The van der Waals surface area contributed by atoms with Crippen molar-refractivity contribution in [3.8, 4) is 0 Å². The van der Waals surface area contributed by atoms with E-state index in [1.807, 2.05) is 43.3 Å². The zero-order valence-corrected chi connectivity index (χ0v) is 13.6. The maximum Gasteiger partial charge on any atom is 0.277 e. The van der Waals surface area contributed by atoms with Crippen LogP contribution in [0.5, 0.6) is 0 Å². The van der Waals surface area contributed by atoms with Crippen LogP contribution in [0.2, 0.25) is 5.02 Å². The predicted molar refractivity (Wildman–Crippen MR) is 92.5 cm³/mol. The van der Waals surface area contributed by atoms with Crippen molar-refractivity contribution < 1.29 is 4.79 Å². The Hall–Kier alpha value is -2.44. The number of carbonyl (C=O) groups is 1. The molecule has 1 amide bonds. The smallest absolute Gasteiger partial charge is 0.277 e. The van der Waals surface area contributed by atoms with E-state index in [4.69, 9.17) is 11.6 Å². The zero-order chi connectivity index (χ0) is 16.0. The Balaban J connectivity index is 1.68. The molecule has 4 aromatic rings. The molecule has 0 fully saturated rings. The second kappa shape index (κ2) is 5.33. The van der Waals surface area contributed by atoms with Crippen molar-refractivity contribution in [3.63, 3.8) is 0 Å². The fourth-order valence-corrected chi connectivity index (χ4v) is 3.56. The Labute approximate surface area is 140 Å². The van der Waals surface area contributed by atoms with Crippen molar-refractivity contribution in [2.75, 3.05) is 5.32 Å². The van der Waals surface area contributed by atoms with Crippen molar-refractivity contribution in [1.82, 2.24) is 14.6 Å². The van der Waals surface area contributed by atoms with Crippen LogP contribution in [-0.2, 0) is 0 Å². The van der Waals surface area contributed by atoms with Gasteiger partial charge in [0.25, 0.3) is 5.91 Å². The van der Waals surface area contributed by atoms with Crippen LogP contribution in [0.25, 0.3) is 15.7 Å². The van der Waals surface area contributed by atoms with Crippen LogP contribution in [0.3, 0.4) is 0 Å². The minimum Gasteiger partial charge on any atom is -0.320 e. The van der Waals surface area contributed by atoms with Gasteiger partial charge in [-0.2, -0.15) is 5.10 Å². The summed E-state index contributed by atoms with van der Waals surface area (Å²) in [6.07, 6.45) is 1.75. The number of fused-ring (bicyclic) bond motifs is 2. The molecular formula is C16H11ClN4OS. The average Bonchev–Trinajstić information content (AvgIpc) is 3.07. The highest BCUT2D eigenvalue weighted by Gasteiger charge is 2.18. The summed E-state index contributed by atoms with van der Waals surface area (Å²) in [4.78, 5) is 16.9. The first-order valence-corrected chi connectivity index (χ1v) is 8.13. The summed E-state index contributed by atoms with van der Waals surface area (Å²) >= 11 is 7.85. The molecule has 0 unspecified atom stereocenters. The molecule has 0 radical (unpaired) electrons. The lowest BCUT2D eigenvalue weighted by Gasteiger charge is -2.03. The van der Waals surface area contributed by atoms with E-state index in [0.717, 1.165) is 15.2 Å². The first kappa shape index (κ1) is 14.2. The van der Waals surface area contributed by atoms with E-state index < -0.39 is 0 Å². The molecular weight excluding hydrogens is 332 g/mol. The summed E-state index contributed by atoms with van der Waals surface area (Å²) in [5.41, 5.74) is 2.53. The van der Waals surface area contributed by atoms with Crippen molar-refractivity contribution in [2.24, 2.45) is 0 Å². The lowest BCUT2D eigenvalue weighted by atomic mass is 10.3. The first-order valence-electron chi connectivity index (χ1n) is 6.93. The standard InChI is InChI=1S/C16H11ClN4OS/c1-9-18-11-6-5-10(8-13(11)23-9)19-16(22)15-14(17)12-4-2-3-7-21(12)20-15/h2-8H,1H3,(H,19,22). The SMILES string of the molecule is Cc1nc2ccc(NC(=O)c3nn4ccccc4c3Cl)cc2s1. The first-order chi connectivity index (χ1) is 11.1. The predicted octanol–water partition coefficient (Wildman–Crippen LogP) is 4.16. The number of thiazole rings is 1. The molecule has 3 heterocycles. The number of nitrogens with zero attached hydrogens (tertiary/aromatic N) is 3. The molecule has 114 valence electrons. The Morgan fingerprint density at radius 3 is 3.00 bits per heavy atom.